The lowest BCUT2D eigenvalue weighted by Crippen LogP contribution is -2.46. The second-order valence-corrected chi connectivity index (χ2v) is 9.23. The maximum atomic E-state index is 14.8. The van der Waals surface area contributed by atoms with Gasteiger partial charge in [-0.15, -0.1) is 0 Å². The molecule has 0 aliphatic carbocycles. The summed E-state index contributed by atoms with van der Waals surface area (Å²) in [6.45, 7) is 3.75. The van der Waals surface area contributed by atoms with Crippen LogP contribution < -0.4 is 16.2 Å². The number of halogens is 4. The number of benzene rings is 2. The van der Waals surface area contributed by atoms with Crippen molar-refractivity contribution >= 4 is 22.3 Å². The number of hydrogen-bond donors (Lipinski definition) is 2. The van der Waals surface area contributed by atoms with Crippen molar-refractivity contribution < 1.29 is 17.6 Å². The number of anilines is 2. The average Bonchev–Trinajstić information content (AvgIpc) is 2.91. The number of piperazine rings is 1. The van der Waals surface area contributed by atoms with E-state index in [9.17, 15) is 22.4 Å². The monoisotopic (exact) mass is 526 g/mol. The molecule has 38 heavy (non-hydrogen) atoms. The molecular formula is C27H26F4N6O. The topological polar surface area (TPSA) is 91.1 Å². The highest BCUT2D eigenvalue weighted by atomic mass is 19.3. The number of H-pyrrole nitrogens is 1. The molecule has 3 heterocycles. The molecule has 4 aromatic rings. The van der Waals surface area contributed by atoms with E-state index >= 15 is 0 Å². The van der Waals surface area contributed by atoms with Crippen molar-refractivity contribution in [1.29, 1.82) is 0 Å². The number of alkyl halides is 2. The minimum absolute atomic E-state index is 0.00363. The molecule has 2 aromatic heterocycles. The molecule has 1 aliphatic rings. The molecule has 1 saturated heterocycles. The Morgan fingerprint density at radius 1 is 0.921 bits per heavy atom. The van der Waals surface area contributed by atoms with E-state index in [2.05, 4.69) is 24.8 Å². The third-order valence-corrected chi connectivity index (χ3v) is 6.78. The Hall–Kier alpha value is -3.99. The van der Waals surface area contributed by atoms with Crippen LogP contribution >= 0.6 is 0 Å². The number of aromatic nitrogens is 3. The fourth-order valence-electron chi connectivity index (χ4n) is 4.72. The third-order valence-electron chi connectivity index (χ3n) is 6.78. The highest BCUT2D eigenvalue weighted by Gasteiger charge is 2.19. The number of pyridine rings is 1. The Bertz CT molecular complexity index is 1500. The van der Waals surface area contributed by atoms with Gasteiger partial charge in [-0.1, -0.05) is 18.2 Å². The van der Waals surface area contributed by atoms with Crippen molar-refractivity contribution in [3.8, 4) is 22.5 Å². The number of nitrogens with zero attached hydrogens (tertiary/aromatic N) is 4. The number of rotatable bonds is 7. The number of aromatic amines is 1. The second kappa shape index (κ2) is 10.8. The van der Waals surface area contributed by atoms with E-state index in [0.29, 0.717) is 24.1 Å². The quantitative estimate of drug-likeness (QED) is 0.340. The Balaban J connectivity index is 1.35. The van der Waals surface area contributed by atoms with Crippen LogP contribution in [0.15, 0.2) is 53.5 Å². The van der Waals surface area contributed by atoms with Crippen LogP contribution in [0, 0.1) is 11.8 Å². The van der Waals surface area contributed by atoms with Crippen LogP contribution in [0.2, 0.25) is 0 Å². The van der Waals surface area contributed by atoms with Gasteiger partial charge < -0.3 is 15.6 Å². The van der Waals surface area contributed by atoms with Crippen molar-refractivity contribution in [2.75, 3.05) is 43.4 Å². The first-order valence-electron chi connectivity index (χ1n) is 12.3. The van der Waals surface area contributed by atoms with Gasteiger partial charge in [0, 0.05) is 66.4 Å². The normalized spacial score (nSPS) is 14.5. The van der Waals surface area contributed by atoms with E-state index in [0.717, 1.165) is 38.1 Å². The molecule has 198 valence electrons. The van der Waals surface area contributed by atoms with Gasteiger partial charge in [-0.05, 0) is 37.2 Å². The highest BCUT2D eigenvalue weighted by Crippen LogP contribution is 2.31. The summed E-state index contributed by atoms with van der Waals surface area (Å²) < 4.78 is 53.9. The molecule has 5 rings (SSSR count). The van der Waals surface area contributed by atoms with Gasteiger partial charge >= 0.3 is 0 Å². The minimum Gasteiger partial charge on any atom is -0.382 e. The van der Waals surface area contributed by atoms with Crippen LogP contribution in [-0.4, -0.2) is 59.0 Å². The second-order valence-electron chi connectivity index (χ2n) is 9.23. The Morgan fingerprint density at radius 2 is 1.63 bits per heavy atom. The first kappa shape index (κ1) is 25.7. The van der Waals surface area contributed by atoms with Gasteiger partial charge in [-0.3, -0.25) is 9.69 Å². The Kier molecular flexibility index (Phi) is 7.28. The van der Waals surface area contributed by atoms with Gasteiger partial charge in [0.05, 0.1) is 0 Å². The lowest BCUT2D eigenvalue weighted by molar-refractivity contribution is 0.127. The maximum Gasteiger partial charge on any atom is 0.256 e. The summed E-state index contributed by atoms with van der Waals surface area (Å²) in [4.78, 5) is 26.9. The third kappa shape index (κ3) is 5.33. The molecule has 1 aliphatic heterocycles. The van der Waals surface area contributed by atoms with Crippen LogP contribution in [0.3, 0.4) is 0 Å². The van der Waals surface area contributed by atoms with Crippen LogP contribution in [0.4, 0.5) is 29.1 Å². The number of hydrogen-bond acceptors (Lipinski definition) is 6. The molecule has 2 aromatic carbocycles. The molecule has 0 atom stereocenters. The Labute approximate surface area is 215 Å². The summed E-state index contributed by atoms with van der Waals surface area (Å²) in [5.41, 5.74) is 7.56. The molecule has 1 fully saturated rings. The maximum absolute atomic E-state index is 14.8. The SMILES string of the molecule is Nc1nc(F)c(-c2ccc(N3CCN(CCCC(F)F)CC3)cc2)nc1-c1ccc2c(=O)[nH]cc(F)c2c1. The van der Waals surface area contributed by atoms with E-state index in [4.69, 9.17) is 5.73 Å². The summed E-state index contributed by atoms with van der Waals surface area (Å²) in [6.07, 6.45) is -0.877. The average molecular weight is 527 g/mol. The van der Waals surface area contributed by atoms with E-state index < -0.39 is 23.7 Å². The zero-order valence-electron chi connectivity index (χ0n) is 20.4. The molecule has 7 nitrogen and oxygen atoms in total. The molecule has 3 N–H and O–H groups in total. The standard InChI is InChI=1S/C27H26F4N6O/c28-21-15-33-27(38)19-8-5-17(14-20(19)21)24-26(32)35-25(31)23(34-24)16-3-6-18(7-4-16)37-12-10-36(11-13-37)9-1-2-22(29)30/h3-8,14-15,22H,1-2,9-13H2,(H2,32,35)(H,33,38). The zero-order chi connectivity index (χ0) is 26.8. The van der Waals surface area contributed by atoms with E-state index in [1.165, 1.54) is 12.1 Å². The van der Waals surface area contributed by atoms with E-state index in [1.807, 2.05) is 12.1 Å². The summed E-state index contributed by atoms with van der Waals surface area (Å²) in [5, 5.41) is 0.268. The molecule has 0 amide bonds. The van der Waals surface area contributed by atoms with E-state index in [-0.39, 0.29) is 34.4 Å². The van der Waals surface area contributed by atoms with Crippen LogP contribution in [-0.2, 0) is 0 Å². The van der Waals surface area contributed by atoms with Gasteiger partial charge in [-0.2, -0.15) is 9.37 Å². The summed E-state index contributed by atoms with van der Waals surface area (Å²) >= 11 is 0. The molecule has 0 bridgehead atoms. The van der Waals surface area contributed by atoms with Crippen LogP contribution in [0.5, 0.6) is 0 Å². The minimum atomic E-state index is -2.26. The van der Waals surface area contributed by atoms with Crippen molar-refractivity contribution in [3.63, 3.8) is 0 Å². The fourth-order valence-corrected chi connectivity index (χ4v) is 4.72. The highest BCUT2D eigenvalue weighted by molar-refractivity contribution is 5.88. The van der Waals surface area contributed by atoms with Gasteiger partial charge in [0.25, 0.3) is 5.56 Å². The van der Waals surface area contributed by atoms with Gasteiger partial charge in [0.1, 0.15) is 17.2 Å². The van der Waals surface area contributed by atoms with Gasteiger partial charge in [-0.25, -0.2) is 18.2 Å². The first-order valence-corrected chi connectivity index (χ1v) is 12.3. The van der Waals surface area contributed by atoms with Gasteiger partial charge in [0.15, 0.2) is 5.82 Å². The van der Waals surface area contributed by atoms with Crippen molar-refractivity contribution in [2.45, 2.75) is 19.3 Å². The van der Waals surface area contributed by atoms with Crippen LogP contribution in [0.1, 0.15) is 12.8 Å². The lowest BCUT2D eigenvalue weighted by Gasteiger charge is -2.36. The Morgan fingerprint density at radius 3 is 2.34 bits per heavy atom. The number of fused-ring (bicyclic) bond motifs is 1. The summed E-state index contributed by atoms with van der Waals surface area (Å²) in [7, 11) is 0. The molecule has 0 saturated carbocycles. The number of nitrogens with two attached hydrogens (primary N) is 1. The zero-order valence-corrected chi connectivity index (χ0v) is 20.4. The molecule has 0 radical (unpaired) electrons. The number of nitrogen functional groups attached to an aromatic ring is 1. The lowest BCUT2D eigenvalue weighted by atomic mass is 10.0. The number of nitrogens with one attached hydrogen (secondary N) is 1. The van der Waals surface area contributed by atoms with E-state index in [1.54, 1.807) is 18.2 Å². The first-order chi connectivity index (χ1) is 18.3. The summed E-state index contributed by atoms with van der Waals surface area (Å²) in [5.74, 6) is -1.60. The van der Waals surface area contributed by atoms with Crippen molar-refractivity contribution in [3.05, 3.63) is 70.8 Å². The molecular weight excluding hydrogens is 500 g/mol. The van der Waals surface area contributed by atoms with Crippen molar-refractivity contribution in [1.82, 2.24) is 19.9 Å². The predicted molar refractivity (Wildman–Crippen MR) is 139 cm³/mol. The van der Waals surface area contributed by atoms with Crippen molar-refractivity contribution in [2.24, 2.45) is 0 Å². The summed E-state index contributed by atoms with van der Waals surface area (Å²) in [6, 6.07) is 11.7. The molecule has 11 heteroatoms. The fraction of sp³-hybridized carbons (Fsp3) is 0.296. The largest absolute Gasteiger partial charge is 0.382 e. The smallest absolute Gasteiger partial charge is 0.256 e. The van der Waals surface area contributed by atoms with Gasteiger partial charge in [0.2, 0.25) is 12.4 Å². The van der Waals surface area contributed by atoms with Crippen LogP contribution in [0.25, 0.3) is 33.3 Å². The molecule has 0 unspecified atom stereocenters. The predicted octanol–water partition coefficient (Wildman–Crippen LogP) is 4.68. The molecule has 0 spiro atoms.